The molecule has 0 bridgehead atoms. The van der Waals surface area contributed by atoms with Gasteiger partial charge < -0.3 is 15.4 Å². The summed E-state index contributed by atoms with van der Waals surface area (Å²) in [6, 6.07) is 14.9. The number of nitrogens with one attached hydrogen (secondary N) is 3. The third-order valence-corrected chi connectivity index (χ3v) is 7.32. The van der Waals surface area contributed by atoms with E-state index in [1.54, 1.807) is 48.7 Å². The Morgan fingerprint density at radius 3 is 2.52 bits per heavy atom. The van der Waals surface area contributed by atoms with Crippen LogP contribution >= 0.6 is 0 Å². The van der Waals surface area contributed by atoms with Crippen LogP contribution in [-0.2, 0) is 10.0 Å². The lowest BCUT2D eigenvalue weighted by Crippen LogP contribution is -2.42. The molecule has 170 valence electrons. The number of hydrogen-bond donors (Lipinski definition) is 4. The van der Waals surface area contributed by atoms with E-state index in [2.05, 4.69) is 20.0 Å². The maximum absolute atomic E-state index is 12.7. The summed E-state index contributed by atoms with van der Waals surface area (Å²) < 4.78 is 29.5. The van der Waals surface area contributed by atoms with Crippen molar-refractivity contribution in [3.63, 3.8) is 0 Å². The van der Waals surface area contributed by atoms with Crippen LogP contribution in [-0.4, -0.2) is 47.2 Å². The summed E-state index contributed by atoms with van der Waals surface area (Å²) in [6.07, 6.45) is 3.14. The van der Waals surface area contributed by atoms with E-state index in [1.807, 2.05) is 6.07 Å². The second-order valence-corrected chi connectivity index (χ2v) is 9.75. The molecule has 0 amide bonds. The maximum atomic E-state index is 12.7. The number of H-pyrrole nitrogens is 1. The number of benzene rings is 2. The van der Waals surface area contributed by atoms with Gasteiger partial charge in [-0.05, 0) is 61.8 Å². The summed E-state index contributed by atoms with van der Waals surface area (Å²) in [5, 5.41) is 14.0. The van der Waals surface area contributed by atoms with Crippen LogP contribution < -0.4 is 15.7 Å². The molecule has 1 aliphatic heterocycles. The van der Waals surface area contributed by atoms with E-state index in [9.17, 15) is 18.3 Å². The zero-order valence-electron chi connectivity index (χ0n) is 17.7. The largest absolute Gasteiger partial charge is 0.506 e. The number of fused-ring (bicyclic) bond motifs is 1. The van der Waals surface area contributed by atoms with Gasteiger partial charge in [0.1, 0.15) is 11.4 Å². The summed E-state index contributed by atoms with van der Waals surface area (Å²) >= 11 is 0. The number of piperidine rings is 1. The average Bonchev–Trinajstić information content (AvgIpc) is 3.22. The van der Waals surface area contributed by atoms with Crippen LogP contribution in [0.3, 0.4) is 0 Å². The van der Waals surface area contributed by atoms with E-state index in [-0.39, 0.29) is 16.7 Å². The first-order valence-corrected chi connectivity index (χ1v) is 12.1. The van der Waals surface area contributed by atoms with Gasteiger partial charge in [0.05, 0.1) is 10.6 Å². The highest BCUT2D eigenvalue weighted by atomic mass is 32.2. The molecule has 1 saturated heterocycles. The van der Waals surface area contributed by atoms with Crippen molar-refractivity contribution < 1.29 is 13.5 Å². The van der Waals surface area contributed by atoms with Crippen LogP contribution in [0.5, 0.6) is 5.75 Å². The molecule has 0 aliphatic carbocycles. The Morgan fingerprint density at radius 2 is 1.79 bits per heavy atom. The number of hydrogen-bond acceptors (Lipinski definition) is 6. The topological polar surface area (TPSA) is 129 Å². The minimum Gasteiger partial charge on any atom is -0.506 e. The molecule has 4 N–H and O–H groups in total. The van der Waals surface area contributed by atoms with Crippen molar-refractivity contribution in [2.24, 2.45) is 0 Å². The van der Waals surface area contributed by atoms with Crippen LogP contribution in [0.1, 0.15) is 12.8 Å². The summed E-state index contributed by atoms with van der Waals surface area (Å²) in [4.78, 5) is 19.9. The van der Waals surface area contributed by atoms with Gasteiger partial charge in [0.15, 0.2) is 0 Å². The van der Waals surface area contributed by atoms with Crippen molar-refractivity contribution >= 4 is 21.1 Å². The third kappa shape index (κ3) is 4.28. The Hall–Kier alpha value is -3.47. The molecule has 0 spiro atoms. The van der Waals surface area contributed by atoms with Crippen molar-refractivity contribution in [1.82, 2.24) is 24.6 Å². The molecular formula is C23H23N5O4S. The van der Waals surface area contributed by atoms with Crippen molar-refractivity contribution in [3.8, 4) is 22.7 Å². The smallest absolute Gasteiger partial charge is 0.354 e. The number of nitrogens with zero attached hydrogens (tertiary/aromatic N) is 2. The van der Waals surface area contributed by atoms with Gasteiger partial charge in [0.25, 0.3) is 0 Å². The highest BCUT2D eigenvalue weighted by Gasteiger charge is 2.21. The van der Waals surface area contributed by atoms with Gasteiger partial charge in [0, 0.05) is 23.3 Å². The second kappa shape index (κ2) is 8.47. The lowest BCUT2D eigenvalue weighted by Gasteiger charge is -2.23. The number of sulfonamides is 1. The van der Waals surface area contributed by atoms with Crippen LogP contribution in [0, 0.1) is 0 Å². The number of para-hydroxylation sites is 2. The number of phenols is 1. The molecule has 0 atom stereocenters. The molecule has 1 aliphatic rings. The van der Waals surface area contributed by atoms with Crippen molar-refractivity contribution in [3.05, 3.63) is 71.3 Å². The molecule has 9 nitrogen and oxygen atoms in total. The molecule has 0 radical (unpaired) electrons. The van der Waals surface area contributed by atoms with Crippen LogP contribution in [0.25, 0.3) is 28.0 Å². The lowest BCUT2D eigenvalue weighted by atomic mass is 10.1. The molecule has 4 aromatic rings. The quantitative estimate of drug-likeness (QED) is 0.357. The number of aromatic amines is 1. The van der Waals surface area contributed by atoms with E-state index in [0.29, 0.717) is 22.4 Å². The zero-order chi connectivity index (χ0) is 23.0. The van der Waals surface area contributed by atoms with Crippen molar-refractivity contribution in [1.29, 1.82) is 0 Å². The Balaban J connectivity index is 1.43. The maximum Gasteiger partial charge on any atom is 0.354 e. The van der Waals surface area contributed by atoms with Gasteiger partial charge in [-0.1, -0.05) is 24.3 Å². The molecule has 3 heterocycles. The first-order valence-electron chi connectivity index (χ1n) is 10.6. The fraction of sp³-hybridized carbons (Fsp3) is 0.217. The van der Waals surface area contributed by atoms with Crippen LogP contribution in [0.15, 0.2) is 70.5 Å². The van der Waals surface area contributed by atoms with Crippen LogP contribution in [0.2, 0.25) is 0 Å². The number of rotatable bonds is 5. The fourth-order valence-electron chi connectivity index (χ4n) is 4.03. The lowest BCUT2D eigenvalue weighted by molar-refractivity contribution is 0.427. The Kier molecular flexibility index (Phi) is 5.49. The number of phenolic OH excluding ortho intramolecular Hbond substituents is 1. The molecule has 0 unspecified atom stereocenters. The molecule has 33 heavy (non-hydrogen) atoms. The minimum absolute atomic E-state index is 0.0218. The number of aromatic nitrogens is 3. The van der Waals surface area contributed by atoms with Crippen LogP contribution in [0.4, 0.5) is 0 Å². The highest BCUT2D eigenvalue weighted by molar-refractivity contribution is 7.89. The van der Waals surface area contributed by atoms with Gasteiger partial charge in [-0.2, -0.15) is 4.98 Å². The predicted molar refractivity (Wildman–Crippen MR) is 125 cm³/mol. The minimum atomic E-state index is -3.60. The zero-order valence-corrected chi connectivity index (χ0v) is 18.5. The van der Waals surface area contributed by atoms with Gasteiger partial charge in [0.2, 0.25) is 10.0 Å². The highest BCUT2D eigenvalue weighted by Crippen LogP contribution is 2.26. The molecular weight excluding hydrogens is 442 g/mol. The summed E-state index contributed by atoms with van der Waals surface area (Å²) in [6.45, 7) is 1.60. The standard InChI is InChI=1S/C23H23N5O4S/c29-21-4-2-1-3-20(21)28-14-16-13-19(25-22(16)26-23(28)30)15-5-7-18(8-6-15)33(31,32)27-17-9-11-24-12-10-17/h1-8,13-14,17,24,27,29H,9-12H2,(H,25,26,30). The molecule has 2 aromatic heterocycles. The van der Waals surface area contributed by atoms with Gasteiger partial charge >= 0.3 is 5.69 Å². The van der Waals surface area contributed by atoms with Crippen molar-refractivity contribution in [2.75, 3.05) is 13.1 Å². The molecule has 2 aromatic carbocycles. The first-order chi connectivity index (χ1) is 15.9. The van der Waals surface area contributed by atoms with Crippen molar-refractivity contribution in [2.45, 2.75) is 23.8 Å². The predicted octanol–water partition coefficient (Wildman–Crippen LogP) is 2.12. The Bertz CT molecular complexity index is 1470. The van der Waals surface area contributed by atoms with E-state index < -0.39 is 15.7 Å². The van der Waals surface area contributed by atoms with E-state index in [1.165, 1.54) is 10.6 Å². The van der Waals surface area contributed by atoms with E-state index in [4.69, 9.17) is 0 Å². The van der Waals surface area contributed by atoms with E-state index in [0.717, 1.165) is 31.5 Å². The van der Waals surface area contributed by atoms with Gasteiger partial charge in [-0.15, -0.1) is 0 Å². The third-order valence-electron chi connectivity index (χ3n) is 5.79. The monoisotopic (exact) mass is 465 g/mol. The number of aromatic hydroxyl groups is 1. The van der Waals surface area contributed by atoms with Gasteiger partial charge in [-0.25, -0.2) is 17.9 Å². The Labute approximate surface area is 190 Å². The molecule has 1 fully saturated rings. The summed E-state index contributed by atoms with van der Waals surface area (Å²) in [5.41, 5.74) is 1.68. The van der Waals surface area contributed by atoms with Gasteiger partial charge in [-0.3, -0.25) is 4.57 Å². The summed E-state index contributed by atoms with van der Waals surface area (Å²) in [7, 11) is -3.60. The first kappa shape index (κ1) is 21.4. The Morgan fingerprint density at radius 1 is 1.06 bits per heavy atom. The summed E-state index contributed by atoms with van der Waals surface area (Å²) in [5.74, 6) is -0.0218. The SMILES string of the molecule is O=c1nc2[nH]c(-c3ccc(S(=O)(=O)NC4CCNCC4)cc3)cc2cn1-c1ccccc1O. The fourth-order valence-corrected chi connectivity index (χ4v) is 5.34. The molecule has 10 heteroatoms. The second-order valence-electron chi connectivity index (χ2n) is 8.04. The average molecular weight is 466 g/mol. The molecule has 5 rings (SSSR count). The molecule has 0 saturated carbocycles. The van der Waals surface area contributed by atoms with E-state index >= 15 is 0 Å². The normalized spacial score (nSPS) is 15.2.